The number of alkyl halides is 3. The Kier molecular flexibility index (Phi) is 3.50. The van der Waals surface area contributed by atoms with E-state index in [-0.39, 0.29) is 0 Å². The molecule has 3 aromatic rings. The van der Waals surface area contributed by atoms with Crippen molar-refractivity contribution in [2.75, 3.05) is 0 Å². The molecular formula is C12H6ClF3N4S. The fourth-order valence-corrected chi connectivity index (χ4v) is 2.52. The van der Waals surface area contributed by atoms with E-state index in [1.165, 1.54) is 6.07 Å². The molecule has 1 aromatic carbocycles. The Morgan fingerprint density at radius 3 is 2.57 bits per heavy atom. The second-order valence-electron chi connectivity index (χ2n) is 4.06. The van der Waals surface area contributed by atoms with Crippen LogP contribution >= 0.6 is 23.4 Å². The average Bonchev–Trinajstić information content (AvgIpc) is 2.79. The van der Waals surface area contributed by atoms with Crippen molar-refractivity contribution in [3.05, 3.63) is 41.0 Å². The van der Waals surface area contributed by atoms with Gasteiger partial charge in [0.25, 0.3) is 0 Å². The third-order valence-electron chi connectivity index (χ3n) is 2.55. The van der Waals surface area contributed by atoms with Crippen molar-refractivity contribution in [2.45, 2.75) is 16.4 Å². The van der Waals surface area contributed by atoms with Crippen LogP contribution in [0.25, 0.3) is 11.0 Å². The van der Waals surface area contributed by atoms with Crippen LogP contribution < -0.4 is 0 Å². The van der Waals surface area contributed by atoms with E-state index in [2.05, 4.69) is 20.2 Å². The van der Waals surface area contributed by atoms with Gasteiger partial charge in [0.15, 0.2) is 10.9 Å². The van der Waals surface area contributed by atoms with E-state index in [1.807, 2.05) is 0 Å². The first-order valence-corrected chi connectivity index (χ1v) is 6.85. The number of benzene rings is 1. The predicted molar refractivity (Wildman–Crippen MR) is 72.3 cm³/mol. The van der Waals surface area contributed by atoms with Crippen LogP contribution in [0.3, 0.4) is 0 Å². The van der Waals surface area contributed by atoms with Crippen molar-refractivity contribution >= 4 is 34.4 Å². The second kappa shape index (κ2) is 5.19. The molecule has 4 nitrogen and oxygen atoms in total. The summed E-state index contributed by atoms with van der Waals surface area (Å²) in [6, 6.07) is 7.30. The Bertz CT molecular complexity index is 785. The minimum atomic E-state index is -4.49. The lowest BCUT2D eigenvalue weighted by Crippen LogP contribution is -2.08. The molecule has 1 N–H and O–H groups in total. The first-order chi connectivity index (χ1) is 9.91. The summed E-state index contributed by atoms with van der Waals surface area (Å²) in [7, 11) is 0. The van der Waals surface area contributed by atoms with Gasteiger partial charge in [0.2, 0.25) is 0 Å². The molecule has 0 spiro atoms. The van der Waals surface area contributed by atoms with Crippen LogP contribution in [0.15, 0.2) is 40.5 Å². The van der Waals surface area contributed by atoms with Gasteiger partial charge in [-0.1, -0.05) is 11.6 Å². The van der Waals surface area contributed by atoms with Crippen molar-refractivity contribution in [2.24, 2.45) is 0 Å². The molecule has 0 bridgehead atoms. The summed E-state index contributed by atoms with van der Waals surface area (Å²) < 4.78 is 37.2. The lowest BCUT2D eigenvalue weighted by Gasteiger charge is -2.04. The lowest BCUT2D eigenvalue weighted by atomic mass is 10.3. The summed E-state index contributed by atoms with van der Waals surface area (Å²) in [6.45, 7) is 0. The van der Waals surface area contributed by atoms with Gasteiger partial charge in [0.1, 0.15) is 5.03 Å². The molecular weight excluding hydrogens is 325 g/mol. The zero-order valence-corrected chi connectivity index (χ0v) is 11.7. The highest BCUT2D eigenvalue weighted by Gasteiger charge is 2.32. The van der Waals surface area contributed by atoms with Crippen LogP contribution in [0, 0.1) is 0 Å². The van der Waals surface area contributed by atoms with Crippen molar-refractivity contribution in [1.82, 2.24) is 20.2 Å². The molecule has 0 aliphatic rings. The zero-order chi connectivity index (χ0) is 15.0. The van der Waals surface area contributed by atoms with Crippen LogP contribution in [-0.2, 0) is 6.18 Å². The highest BCUT2D eigenvalue weighted by atomic mass is 35.5. The summed E-state index contributed by atoms with van der Waals surface area (Å²) in [5, 5.41) is 8.07. The molecule has 0 fully saturated rings. The Morgan fingerprint density at radius 2 is 1.90 bits per heavy atom. The number of H-pyrrole nitrogens is 1. The first kappa shape index (κ1) is 14.2. The van der Waals surface area contributed by atoms with E-state index in [9.17, 15) is 13.2 Å². The highest BCUT2D eigenvalue weighted by molar-refractivity contribution is 7.99. The number of fused-ring (bicyclic) bond motifs is 1. The molecule has 21 heavy (non-hydrogen) atoms. The van der Waals surface area contributed by atoms with Crippen LogP contribution in [0.2, 0.25) is 5.02 Å². The third-order valence-corrected chi connectivity index (χ3v) is 3.60. The molecule has 0 radical (unpaired) electrons. The molecule has 9 heteroatoms. The quantitative estimate of drug-likeness (QED) is 0.766. The summed E-state index contributed by atoms with van der Waals surface area (Å²) in [5.41, 5.74) is 0.426. The van der Waals surface area contributed by atoms with Gasteiger partial charge in [0.05, 0.1) is 11.0 Å². The van der Waals surface area contributed by atoms with Gasteiger partial charge in [-0.25, -0.2) is 4.98 Å². The van der Waals surface area contributed by atoms with E-state index in [0.29, 0.717) is 20.7 Å². The predicted octanol–water partition coefficient (Wildman–Crippen LogP) is 4.18. The lowest BCUT2D eigenvalue weighted by molar-refractivity contribution is -0.141. The summed E-state index contributed by atoms with van der Waals surface area (Å²) in [5.74, 6) is 0. The van der Waals surface area contributed by atoms with Crippen LogP contribution in [0.4, 0.5) is 13.2 Å². The Labute approximate surface area is 125 Å². The fourth-order valence-electron chi connectivity index (χ4n) is 1.63. The fraction of sp³-hybridized carbons (Fsp3) is 0.0833. The third kappa shape index (κ3) is 3.11. The number of hydrogen-bond acceptors (Lipinski definition) is 4. The zero-order valence-electron chi connectivity index (χ0n) is 10.1. The first-order valence-electron chi connectivity index (χ1n) is 5.66. The van der Waals surface area contributed by atoms with Crippen molar-refractivity contribution in [1.29, 1.82) is 0 Å². The summed E-state index contributed by atoms with van der Waals surface area (Å²) in [4.78, 5) is 7.29. The van der Waals surface area contributed by atoms with Gasteiger partial charge >= 0.3 is 6.18 Å². The van der Waals surface area contributed by atoms with E-state index < -0.39 is 11.9 Å². The van der Waals surface area contributed by atoms with Gasteiger partial charge in [0, 0.05) is 5.02 Å². The smallest absolute Gasteiger partial charge is 0.333 e. The second-order valence-corrected chi connectivity index (χ2v) is 5.51. The number of aromatic amines is 1. The molecule has 0 amide bonds. The molecule has 108 valence electrons. The minimum Gasteiger partial charge on any atom is -0.333 e. The molecule has 0 aliphatic heterocycles. The monoisotopic (exact) mass is 330 g/mol. The molecule has 0 saturated carbocycles. The molecule has 3 rings (SSSR count). The Hall–Kier alpha value is -1.80. The van der Waals surface area contributed by atoms with Gasteiger partial charge < -0.3 is 4.98 Å². The number of rotatable bonds is 2. The average molecular weight is 331 g/mol. The number of halogens is 4. The number of nitrogens with one attached hydrogen (secondary N) is 1. The maximum Gasteiger partial charge on any atom is 0.435 e. The van der Waals surface area contributed by atoms with Crippen LogP contribution in [0.5, 0.6) is 0 Å². The van der Waals surface area contributed by atoms with E-state index in [4.69, 9.17) is 11.6 Å². The summed E-state index contributed by atoms with van der Waals surface area (Å²) in [6.07, 6.45) is -4.49. The molecule has 0 aliphatic carbocycles. The number of imidazole rings is 1. The highest BCUT2D eigenvalue weighted by Crippen LogP contribution is 2.30. The standard InChI is InChI=1S/C12H6ClF3N4S/c13-6-1-2-7-8(5-6)18-11(17-7)21-10-4-3-9(19-20-10)12(14,15)16/h1-5H,(H,17,18). The van der Waals surface area contributed by atoms with Crippen molar-refractivity contribution in [3.8, 4) is 0 Å². The van der Waals surface area contributed by atoms with Gasteiger partial charge in [-0.15, -0.1) is 10.2 Å². The minimum absolute atomic E-state index is 0.313. The molecule has 2 aromatic heterocycles. The SMILES string of the molecule is FC(F)(F)c1ccc(Sc2nc3ccc(Cl)cc3[nH]2)nn1. The molecule has 2 heterocycles. The van der Waals surface area contributed by atoms with Crippen molar-refractivity contribution in [3.63, 3.8) is 0 Å². The Balaban J connectivity index is 1.84. The number of nitrogens with zero attached hydrogens (tertiary/aromatic N) is 3. The molecule has 0 unspecified atom stereocenters. The van der Waals surface area contributed by atoms with Gasteiger partial charge in [-0.2, -0.15) is 13.2 Å². The van der Waals surface area contributed by atoms with Crippen molar-refractivity contribution < 1.29 is 13.2 Å². The largest absolute Gasteiger partial charge is 0.435 e. The maximum absolute atomic E-state index is 12.4. The van der Waals surface area contributed by atoms with E-state index >= 15 is 0 Å². The molecule has 0 atom stereocenters. The topological polar surface area (TPSA) is 54.5 Å². The number of aromatic nitrogens is 4. The Morgan fingerprint density at radius 1 is 1.10 bits per heavy atom. The molecule has 0 saturated heterocycles. The number of hydrogen-bond donors (Lipinski definition) is 1. The summed E-state index contributed by atoms with van der Waals surface area (Å²) >= 11 is 6.95. The van der Waals surface area contributed by atoms with E-state index in [0.717, 1.165) is 23.3 Å². The van der Waals surface area contributed by atoms with Gasteiger partial charge in [-0.3, -0.25) is 0 Å². The van der Waals surface area contributed by atoms with Gasteiger partial charge in [-0.05, 0) is 42.1 Å². The van der Waals surface area contributed by atoms with Crippen LogP contribution in [-0.4, -0.2) is 20.2 Å². The van der Waals surface area contributed by atoms with E-state index in [1.54, 1.807) is 18.2 Å². The van der Waals surface area contributed by atoms with Crippen LogP contribution in [0.1, 0.15) is 5.69 Å². The maximum atomic E-state index is 12.4. The normalized spacial score (nSPS) is 12.0.